The van der Waals surface area contributed by atoms with Crippen molar-refractivity contribution in [2.24, 2.45) is 11.8 Å². The first-order valence-corrected chi connectivity index (χ1v) is 13.4. The summed E-state index contributed by atoms with van der Waals surface area (Å²) in [5, 5.41) is 10.8. The molecule has 0 radical (unpaired) electrons. The summed E-state index contributed by atoms with van der Waals surface area (Å²) < 4.78 is 20.8. The number of aromatic nitrogens is 3. The first kappa shape index (κ1) is 26.3. The van der Waals surface area contributed by atoms with Crippen LogP contribution in [0.25, 0.3) is 10.9 Å². The van der Waals surface area contributed by atoms with Gasteiger partial charge in [0.15, 0.2) is 5.16 Å². The van der Waals surface area contributed by atoms with Crippen molar-refractivity contribution in [1.82, 2.24) is 19.9 Å². The van der Waals surface area contributed by atoms with Gasteiger partial charge in [-0.1, -0.05) is 11.8 Å². The van der Waals surface area contributed by atoms with Crippen LogP contribution in [0.15, 0.2) is 54.1 Å². The van der Waals surface area contributed by atoms with Gasteiger partial charge in [-0.3, -0.25) is 9.78 Å². The number of hydrogen-bond donors (Lipinski definition) is 1. The number of nitrogens with zero attached hydrogens (tertiary/aromatic N) is 4. The summed E-state index contributed by atoms with van der Waals surface area (Å²) in [6.07, 6.45) is 6.90. The maximum atomic E-state index is 15.5. The SMILES string of the molecule is COc1ccc2nccc(C(F)CC[C@@H]3CCN(CCSc4ncccn4)C[C@@H]3CCC(=O)O)c2c1. The smallest absolute Gasteiger partial charge is 0.303 e. The Hall–Kier alpha value is -2.78. The normalized spacial score (nSPS) is 19.3. The Kier molecular flexibility index (Phi) is 9.47. The van der Waals surface area contributed by atoms with E-state index in [1.54, 1.807) is 49.6 Å². The highest BCUT2D eigenvalue weighted by atomic mass is 32.2. The van der Waals surface area contributed by atoms with Gasteiger partial charge in [-0.05, 0) is 80.0 Å². The highest BCUT2D eigenvalue weighted by Crippen LogP contribution is 2.36. The molecule has 36 heavy (non-hydrogen) atoms. The minimum Gasteiger partial charge on any atom is -0.497 e. The van der Waals surface area contributed by atoms with Crippen LogP contribution in [-0.2, 0) is 4.79 Å². The van der Waals surface area contributed by atoms with Crippen molar-refractivity contribution in [2.75, 3.05) is 32.5 Å². The average Bonchev–Trinajstić information content (AvgIpc) is 2.91. The molecule has 192 valence electrons. The van der Waals surface area contributed by atoms with E-state index in [2.05, 4.69) is 19.9 Å². The lowest BCUT2D eigenvalue weighted by atomic mass is 9.79. The van der Waals surface area contributed by atoms with Gasteiger partial charge in [-0.15, -0.1) is 0 Å². The van der Waals surface area contributed by atoms with Crippen LogP contribution in [0.3, 0.4) is 0 Å². The summed E-state index contributed by atoms with van der Waals surface area (Å²) in [5.41, 5.74) is 1.39. The van der Waals surface area contributed by atoms with Crippen molar-refractivity contribution >= 4 is 28.6 Å². The molecule has 0 saturated carbocycles. The van der Waals surface area contributed by atoms with Crippen LogP contribution in [0, 0.1) is 11.8 Å². The molecule has 7 nitrogen and oxygen atoms in total. The van der Waals surface area contributed by atoms with Crippen LogP contribution in [0.5, 0.6) is 5.75 Å². The second-order valence-corrected chi connectivity index (χ2v) is 10.3. The zero-order valence-corrected chi connectivity index (χ0v) is 21.4. The van der Waals surface area contributed by atoms with Crippen molar-refractivity contribution in [1.29, 1.82) is 0 Å². The number of hydrogen-bond acceptors (Lipinski definition) is 7. The Labute approximate surface area is 215 Å². The van der Waals surface area contributed by atoms with E-state index < -0.39 is 12.1 Å². The van der Waals surface area contributed by atoms with E-state index in [1.165, 1.54) is 0 Å². The Balaban J connectivity index is 1.35. The number of thioether (sulfide) groups is 1. The number of pyridine rings is 1. The number of methoxy groups -OCH3 is 1. The maximum absolute atomic E-state index is 15.5. The number of alkyl halides is 1. The Morgan fingerprint density at radius 2 is 2.03 bits per heavy atom. The van der Waals surface area contributed by atoms with Crippen LogP contribution < -0.4 is 4.74 Å². The topological polar surface area (TPSA) is 88.4 Å². The summed E-state index contributed by atoms with van der Waals surface area (Å²) in [7, 11) is 1.60. The maximum Gasteiger partial charge on any atom is 0.303 e. The number of benzene rings is 1. The summed E-state index contributed by atoms with van der Waals surface area (Å²) in [4.78, 5) is 26.5. The molecule has 3 heterocycles. The second-order valence-electron chi connectivity index (χ2n) is 9.25. The van der Waals surface area contributed by atoms with Crippen molar-refractivity contribution in [2.45, 2.75) is 43.4 Å². The summed E-state index contributed by atoms with van der Waals surface area (Å²) in [6.45, 7) is 2.69. The Bertz CT molecular complexity index is 1140. The predicted molar refractivity (Wildman–Crippen MR) is 139 cm³/mol. The molecular weight excluding hydrogens is 479 g/mol. The molecule has 3 atom stereocenters. The van der Waals surface area contributed by atoms with E-state index in [0.717, 1.165) is 54.3 Å². The van der Waals surface area contributed by atoms with Crippen molar-refractivity contribution < 1.29 is 19.0 Å². The number of carbonyl (C=O) groups is 1. The molecule has 1 saturated heterocycles. The Morgan fingerprint density at radius 1 is 1.19 bits per heavy atom. The van der Waals surface area contributed by atoms with Gasteiger partial charge < -0.3 is 14.7 Å². The van der Waals surface area contributed by atoms with Crippen LogP contribution in [0.1, 0.15) is 43.8 Å². The van der Waals surface area contributed by atoms with Gasteiger partial charge >= 0.3 is 5.97 Å². The molecule has 0 spiro atoms. The van der Waals surface area contributed by atoms with E-state index in [0.29, 0.717) is 30.1 Å². The van der Waals surface area contributed by atoms with E-state index in [1.807, 2.05) is 18.2 Å². The molecule has 2 aromatic heterocycles. The first-order chi connectivity index (χ1) is 17.5. The zero-order valence-electron chi connectivity index (χ0n) is 20.6. The number of fused-ring (bicyclic) bond motifs is 1. The highest BCUT2D eigenvalue weighted by molar-refractivity contribution is 7.99. The van der Waals surface area contributed by atoms with Gasteiger partial charge in [-0.25, -0.2) is 14.4 Å². The lowest BCUT2D eigenvalue weighted by Gasteiger charge is -2.39. The molecular formula is C27H33FN4O3S. The second kappa shape index (κ2) is 13.0. The molecule has 1 N–H and O–H groups in total. The van der Waals surface area contributed by atoms with E-state index in [4.69, 9.17) is 4.74 Å². The third-order valence-electron chi connectivity index (χ3n) is 7.00. The average molecular weight is 513 g/mol. The minimum atomic E-state index is -1.11. The third kappa shape index (κ3) is 7.13. The summed E-state index contributed by atoms with van der Waals surface area (Å²) >= 11 is 1.63. The number of carboxylic acid groups (broad SMARTS) is 1. The first-order valence-electron chi connectivity index (χ1n) is 12.4. The number of piperidine rings is 1. The largest absolute Gasteiger partial charge is 0.497 e. The van der Waals surface area contributed by atoms with E-state index in [-0.39, 0.29) is 12.3 Å². The number of rotatable bonds is 12. The molecule has 1 unspecified atom stereocenters. The fourth-order valence-corrected chi connectivity index (χ4v) is 5.87. The number of aliphatic carboxylic acids is 1. The predicted octanol–water partition coefficient (Wildman–Crippen LogP) is 5.42. The summed E-state index contributed by atoms with van der Waals surface area (Å²) in [6, 6.07) is 9.09. The lowest BCUT2D eigenvalue weighted by Crippen LogP contribution is -2.41. The standard InChI is InChI=1S/C27H33FN4O3S/c1-35-21-5-7-25-23(17-21)22(9-13-29-25)24(28)6-3-19-10-14-32(18-20(19)4-8-26(33)34)15-16-36-27-30-11-2-12-31-27/h2,5,7,9,11-13,17,19-20,24H,3-4,6,8,10,14-16,18H2,1H3,(H,33,34)/t19-,20+,24?/m1/s1. The highest BCUT2D eigenvalue weighted by Gasteiger charge is 2.30. The molecule has 0 amide bonds. The lowest BCUT2D eigenvalue weighted by molar-refractivity contribution is -0.137. The molecule has 4 rings (SSSR count). The Morgan fingerprint density at radius 3 is 2.81 bits per heavy atom. The van der Waals surface area contributed by atoms with Crippen LogP contribution in [0.4, 0.5) is 4.39 Å². The van der Waals surface area contributed by atoms with Crippen molar-refractivity contribution in [3.8, 4) is 5.75 Å². The van der Waals surface area contributed by atoms with E-state index in [9.17, 15) is 9.90 Å². The molecule has 9 heteroatoms. The quantitative estimate of drug-likeness (QED) is 0.254. The van der Waals surface area contributed by atoms with Gasteiger partial charge in [0, 0.05) is 49.2 Å². The van der Waals surface area contributed by atoms with Crippen molar-refractivity contribution in [3.05, 3.63) is 54.5 Å². The monoisotopic (exact) mass is 512 g/mol. The fraction of sp³-hybridized carbons (Fsp3) is 0.481. The molecule has 0 aliphatic carbocycles. The van der Waals surface area contributed by atoms with Crippen LogP contribution in [0.2, 0.25) is 0 Å². The van der Waals surface area contributed by atoms with Gasteiger partial charge in [0.05, 0.1) is 12.6 Å². The van der Waals surface area contributed by atoms with Crippen LogP contribution >= 0.6 is 11.8 Å². The number of ether oxygens (including phenoxy) is 1. The number of halogens is 1. The van der Waals surface area contributed by atoms with Crippen LogP contribution in [-0.4, -0.2) is 63.4 Å². The number of carboxylic acids is 1. The van der Waals surface area contributed by atoms with Gasteiger partial charge in [-0.2, -0.15) is 0 Å². The molecule has 1 aromatic carbocycles. The van der Waals surface area contributed by atoms with Crippen molar-refractivity contribution in [3.63, 3.8) is 0 Å². The third-order valence-corrected chi connectivity index (χ3v) is 7.85. The molecule has 1 fully saturated rings. The zero-order chi connectivity index (χ0) is 25.3. The molecule has 3 aromatic rings. The van der Waals surface area contributed by atoms with Gasteiger partial charge in [0.2, 0.25) is 0 Å². The van der Waals surface area contributed by atoms with Gasteiger partial charge in [0.1, 0.15) is 11.9 Å². The molecule has 0 bridgehead atoms. The minimum absolute atomic E-state index is 0.148. The molecule has 1 aliphatic rings. The molecule has 1 aliphatic heterocycles. The van der Waals surface area contributed by atoms with E-state index >= 15 is 4.39 Å². The van der Waals surface area contributed by atoms with Gasteiger partial charge in [0.25, 0.3) is 0 Å². The fourth-order valence-electron chi connectivity index (χ4n) is 5.06. The number of likely N-dealkylation sites (tertiary alicyclic amines) is 1. The summed E-state index contributed by atoms with van der Waals surface area (Å²) in [5.74, 6) is 1.34.